The molecule has 5 heteroatoms. The summed E-state index contributed by atoms with van der Waals surface area (Å²) in [6, 6.07) is 11.6. The van der Waals surface area contributed by atoms with Crippen molar-refractivity contribution in [3.8, 4) is 17.2 Å². The summed E-state index contributed by atoms with van der Waals surface area (Å²) in [5.74, 6) is 2.03. The third-order valence-electron chi connectivity index (χ3n) is 3.97. The van der Waals surface area contributed by atoms with Gasteiger partial charge in [-0.3, -0.25) is 4.79 Å². The zero-order valence-electron chi connectivity index (χ0n) is 16.4. The molecule has 0 aliphatic rings. The van der Waals surface area contributed by atoms with E-state index in [1.807, 2.05) is 57.2 Å². The van der Waals surface area contributed by atoms with Gasteiger partial charge in [-0.2, -0.15) is 0 Å². The van der Waals surface area contributed by atoms with Crippen molar-refractivity contribution in [3.63, 3.8) is 0 Å². The molecular weight excluding hydrogens is 342 g/mol. The molecule has 1 amide bonds. The van der Waals surface area contributed by atoms with E-state index in [0.29, 0.717) is 31.3 Å². The molecule has 0 aromatic heterocycles. The van der Waals surface area contributed by atoms with Gasteiger partial charge in [-0.15, -0.1) is 0 Å². The highest BCUT2D eigenvalue weighted by Crippen LogP contribution is 2.28. The molecule has 5 nitrogen and oxygen atoms in total. The SMILES string of the molecule is CCOc1cc(C=CC(=O)NCCOc2c(C)cccc2C)ccc1OC. The normalized spacial score (nSPS) is 10.7. The number of carbonyl (C=O) groups excluding carboxylic acids is 1. The fraction of sp³-hybridized carbons (Fsp3) is 0.318. The maximum Gasteiger partial charge on any atom is 0.244 e. The predicted octanol–water partition coefficient (Wildman–Crippen LogP) is 3.92. The monoisotopic (exact) mass is 369 g/mol. The van der Waals surface area contributed by atoms with Crippen LogP contribution in [0.3, 0.4) is 0 Å². The van der Waals surface area contributed by atoms with Gasteiger partial charge < -0.3 is 19.5 Å². The van der Waals surface area contributed by atoms with E-state index in [-0.39, 0.29) is 5.91 Å². The Kier molecular flexibility index (Phi) is 7.74. The third-order valence-corrected chi connectivity index (χ3v) is 3.97. The zero-order valence-corrected chi connectivity index (χ0v) is 16.4. The molecule has 0 radical (unpaired) electrons. The first-order chi connectivity index (χ1) is 13.0. The average Bonchev–Trinajstić information content (AvgIpc) is 2.66. The van der Waals surface area contributed by atoms with E-state index in [4.69, 9.17) is 14.2 Å². The highest BCUT2D eigenvalue weighted by molar-refractivity contribution is 5.91. The lowest BCUT2D eigenvalue weighted by molar-refractivity contribution is -0.116. The molecule has 0 unspecified atom stereocenters. The number of carbonyl (C=O) groups is 1. The summed E-state index contributed by atoms with van der Waals surface area (Å²) in [6.07, 6.45) is 3.24. The summed E-state index contributed by atoms with van der Waals surface area (Å²) in [4.78, 5) is 12.0. The minimum Gasteiger partial charge on any atom is -0.493 e. The van der Waals surface area contributed by atoms with Gasteiger partial charge in [0, 0.05) is 6.08 Å². The number of rotatable bonds is 9. The molecule has 0 saturated heterocycles. The molecule has 144 valence electrons. The van der Waals surface area contributed by atoms with Gasteiger partial charge in [0.05, 0.1) is 20.3 Å². The summed E-state index contributed by atoms with van der Waals surface area (Å²) in [5.41, 5.74) is 3.04. The second-order valence-electron chi connectivity index (χ2n) is 6.04. The van der Waals surface area contributed by atoms with Gasteiger partial charge >= 0.3 is 0 Å². The molecule has 2 aromatic rings. The van der Waals surface area contributed by atoms with Crippen LogP contribution in [-0.4, -0.2) is 32.8 Å². The highest BCUT2D eigenvalue weighted by Gasteiger charge is 2.05. The second-order valence-corrected chi connectivity index (χ2v) is 6.04. The minimum atomic E-state index is -0.172. The largest absolute Gasteiger partial charge is 0.493 e. The first kappa shape index (κ1) is 20.4. The van der Waals surface area contributed by atoms with Crippen molar-refractivity contribution < 1.29 is 19.0 Å². The molecule has 0 fully saturated rings. The van der Waals surface area contributed by atoms with Gasteiger partial charge in [0.15, 0.2) is 11.5 Å². The molecular formula is C22H27NO4. The van der Waals surface area contributed by atoms with Crippen molar-refractivity contribution in [2.75, 3.05) is 26.9 Å². The van der Waals surface area contributed by atoms with Crippen molar-refractivity contribution in [1.82, 2.24) is 5.32 Å². The van der Waals surface area contributed by atoms with Crippen LogP contribution in [0.2, 0.25) is 0 Å². The topological polar surface area (TPSA) is 56.8 Å². The van der Waals surface area contributed by atoms with E-state index in [1.54, 1.807) is 13.2 Å². The summed E-state index contributed by atoms with van der Waals surface area (Å²) in [7, 11) is 1.60. The fourth-order valence-electron chi connectivity index (χ4n) is 2.65. The molecule has 27 heavy (non-hydrogen) atoms. The van der Waals surface area contributed by atoms with Crippen LogP contribution in [0.5, 0.6) is 17.2 Å². The molecule has 2 aromatic carbocycles. The minimum absolute atomic E-state index is 0.172. The predicted molar refractivity (Wildman–Crippen MR) is 108 cm³/mol. The summed E-state index contributed by atoms with van der Waals surface area (Å²) < 4.78 is 16.6. The number of aryl methyl sites for hydroxylation is 2. The fourth-order valence-corrected chi connectivity index (χ4v) is 2.65. The maximum atomic E-state index is 12.0. The van der Waals surface area contributed by atoms with Crippen molar-refractivity contribution in [2.24, 2.45) is 0 Å². The Balaban J connectivity index is 1.84. The van der Waals surface area contributed by atoms with Crippen LogP contribution in [0.15, 0.2) is 42.5 Å². The molecule has 0 bridgehead atoms. The molecule has 0 saturated carbocycles. The van der Waals surface area contributed by atoms with Gasteiger partial charge in [-0.05, 0) is 55.7 Å². The number of nitrogens with one attached hydrogen (secondary N) is 1. The number of amides is 1. The Morgan fingerprint density at radius 1 is 1.07 bits per heavy atom. The maximum absolute atomic E-state index is 12.0. The Morgan fingerprint density at radius 2 is 1.81 bits per heavy atom. The van der Waals surface area contributed by atoms with Crippen LogP contribution in [0, 0.1) is 13.8 Å². The Labute approximate surface area is 161 Å². The first-order valence-electron chi connectivity index (χ1n) is 9.01. The van der Waals surface area contributed by atoms with Crippen LogP contribution < -0.4 is 19.5 Å². The summed E-state index contributed by atoms with van der Waals surface area (Å²) >= 11 is 0. The van der Waals surface area contributed by atoms with Crippen molar-refractivity contribution in [1.29, 1.82) is 0 Å². The van der Waals surface area contributed by atoms with E-state index in [0.717, 1.165) is 22.4 Å². The number of methoxy groups -OCH3 is 1. The Bertz CT molecular complexity index is 779. The van der Waals surface area contributed by atoms with Gasteiger partial charge in [0.25, 0.3) is 0 Å². The molecule has 1 N–H and O–H groups in total. The number of benzene rings is 2. The third kappa shape index (κ3) is 6.06. The molecule has 0 atom stereocenters. The second kappa shape index (κ2) is 10.3. The Hall–Kier alpha value is -2.95. The van der Waals surface area contributed by atoms with Crippen LogP contribution >= 0.6 is 0 Å². The average molecular weight is 369 g/mol. The summed E-state index contributed by atoms with van der Waals surface area (Å²) in [5, 5.41) is 2.82. The number of para-hydroxylation sites is 1. The van der Waals surface area contributed by atoms with E-state index < -0.39 is 0 Å². The van der Waals surface area contributed by atoms with E-state index in [1.165, 1.54) is 6.08 Å². The quantitative estimate of drug-likeness (QED) is 0.538. The van der Waals surface area contributed by atoms with Crippen LogP contribution in [0.4, 0.5) is 0 Å². The van der Waals surface area contributed by atoms with Gasteiger partial charge in [0.1, 0.15) is 12.4 Å². The van der Waals surface area contributed by atoms with E-state index in [2.05, 4.69) is 5.32 Å². The lowest BCUT2D eigenvalue weighted by Crippen LogP contribution is -2.26. The van der Waals surface area contributed by atoms with Gasteiger partial charge in [-0.25, -0.2) is 0 Å². The molecule has 0 aliphatic heterocycles. The molecule has 0 aliphatic carbocycles. The smallest absolute Gasteiger partial charge is 0.244 e. The zero-order chi connectivity index (χ0) is 19.6. The van der Waals surface area contributed by atoms with Gasteiger partial charge in [0.2, 0.25) is 5.91 Å². The van der Waals surface area contributed by atoms with Crippen LogP contribution in [0.25, 0.3) is 6.08 Å². The van der Waals surface area contributed by atoms with Crippen LogP contribution in [0.1, 0.15) is 23.6 Å². The van der Waals surface area contributed by atoms with Crippen molar-refractivity contribution >= 4 is 12.0 Å². The van der Waals surface area contributed by atoms with Crippen molar-refractivity contribution in [3.05, 3.63) is 59.2 Å². The Morgan fingerprint density at radius 3 is 2.48 bits per heavy atom. The molecule has 2 rings (SSSR count). The number of ether oxygens (including phenoxy) is 3. The summed E-state index contributed by atoms with van der Waals surface area (Å²) in [6.45, 7) is 7.33. The van der Waals surface area contributed by atoms with E-state index in [9.17, 15) is 4.79 Å². The number of hydrogen-bond acceptors (Lipinski definition) is 4. The van der Waals surface area contributed by atoms with Crippen LogP contribution in [-0.2, 0) is 4.79 Å². The number of hydrogen-bond donors (Lipinski definition) is 1. The van der Waals surface area contributed by atoms with E-state index >= 15 is 0 Å². The first-order valence-corrected chi connectivity index (χ1v) is 9.01. The lowest BCUT2D eigenvalue weighted by atomic mass is 10.1. The highest BCUT2D eigenvalue weighted by atomic mass is 16.5. The van der Waals surface area contributed by atoms with Gasteiger partial charge in [-0.1, -0.05) is 24.3 Å². The standard InChI is InChI=1S/C22H27NO4/c1-5-26-20-15-18(9-11-19(20)25-4)10-12-21(24)23-13-14-27-22-16(2)7-6-8-17(22)3/h6-12,15H,5,13-14H2,1-4H3,(H,23,24). The lowest BCUT2D eigenvalue weighted by Gasteiger charge is -2.12. The van der Waals surface area contributed by atoms with Crippen molar-refractivity contribution in [2.45, 2.75) is 20.8 Å². The molecule has 0 spiro atoms. The molecule has 0 heterocycles.